The lowest BCUT2D eigenvalue weighted by Gasteiger charge is -2.10. The van der Waals surface area contributed by atoms with Gasteiger partial charge in [0.05, 0.1) is 6.61 Å². The van der Waals surface area contributed by atoms with Crippen molar-refractivity contribution in [3.8, 4) is 16.9 Å². The Morgan fingerprint density at radius 2 is 1.93 bits per heavy atom. The number of aromatic nitrogens is 1. The number of nitrogens with zero attached hydrogens (tertiary/aromatic N) is 1. The Balaban J connectivity index is 1.61. The fraction of sp³-hybridized carbons (Fsp3) is 0.217. The average molecular weight is 363 g/mol. The van der Waals surface area contributed by atoms with Crippen molar-refractivity contribution in [1.29, 1.82) is 0 Å². The lowest BCUT2D eigenvalue weighted by molar-refractivity contribution is -0.118. The van der Waals surface area contributed by atoms with Crippen LogP contribution in [0.15, 0.2) is 66.9 Å². The monoisotopic (exact) mass is 363 g/mol. The largest absolute Gasteiger partial charge is 0.493 e. The normalized spacial score (nSPS) is 10.6. The number of carbonyl (C=O) groups excluding carboxylic acids is 1. The number of hydrogen-bond acceptors (Lipinski definition) is 3. The second-order valence-corrected chi connectivity index (χ2v) is 6.31. The van der Waals surface area contributed by atoms with Crippen molar-refractivity contribution in [1.82, 2.24) is 4.98 Å². The van der Waals surface area contributed by atoms with Crippen molar-refractivity contribution in [2.45, 2.75) is 26.2 Å². The van der Waals surface area contributed by atoms with Crippen LogP contribution in [-0.2, 0) is 17.6 Å². The number of benzene rings is 2. The standard InChI is InChI=1S/C23H22FNO2/c1-2-27-23-9-4-3-8-22(23)18-11-12-20(25-16-18)15-21(26)13-10-17-6-5-7-19(24)14-17/h3-9,11-12,14,16H,2,10,13,15H2,1H3. The summed E-state index contributed by atoms with van der Waals surface area (Å²) in [5.41, 5.74) is 3.50. The number of pyridine rings is 1. The molecule has 0 unspecified atom stereocenters. The summed E-state index contributed by atoms with van der Waals surface area (Å²) < 4.78 is 18.8. The topological polar surface area (TPSA) is 39.2 Å². The first-order valence-electron chi connectivity index (χ1n) is 9.09. The summed E-state index contributed by atoms with van der Waals surface area (Å²) in [6.45, 7) is 2.55. The number of ether oxygens (including phenoxy) is 1. The Bertz CT molecular complexity index is 906. The third kappa shape index (κ3) is 5.23. The summed E-state index contributed by atoms with van der Waals surface area (Å²) in [5, 5.41) is 0. The highest BCUT2D eigenvalue weighted by Crippen LogP contribution is 2.29. The van der Waals surface area contributed by atoms with E-state index in [0.717, 1.165) is 28.1 Å². The molecule has 0 spiro atoms. The lowest BCUT2D eigenvalue weighted by Crippen LogP contribution is -2.06. The molecule has 3 rings (SSSR count). The summed E-state index contributed by atoms with van der Waals surface area (Å²) in [7, 11) is 0. The van der Waals surface area contributed by atoms with Crippen LogP contribution in [0.2, 0.25) is 0 Å². The molecule has 1 aromatic heterocycles. The van der Waals surface area contributed by atoms with E-state index in [2.05, 4.69) is 4.98 Å². The molecule has 3 aromatic rings. The van der Waals surface area contributed by atoms with Gasteiger partial charge in [-0.3, -0.25) is 9.78 Å². The zero-order chi connectivity index (χ0) is 19.1. The number of Topliss-reactive ketones (excluding diaryl/α,β-unsaturated/α-hetero) is 1. The van der Waals surface area contributed by atoms with Gasteiger partial charge in [0.15, 0.2) is 0 Å². The minimum atomic E-state index is -0.274. The van der Waals surface area contributed by atoms with Crippen LogP contribution in [0.3, 0.4) is 0 Å². The van der Waals surface area contributed by atoms with E-state index >= 15 is 0 Å². The number of rotatable bonds is 8. The van der Waals surface area contributed by atoms with E-state index in [1.807, 2.05) is 49.4 Å². The van der Waals surface area contributed by atoms with Crippen LogP contribution in [0.1, 0.15) is 24.6 Å². The molecule has 2 aromatic carbocycles. The predicted octanol–water partition coefficient (Wildman–Crippen LogP) is 5.03. The first-order chi connectivity index (χ1) is 13.2. The van der Waals surface area contributed by atoms with Crippen molar-refractivity contribution in [2.75, 3.05) is 6.61 Å². The summed E-state index contributed by atoms with van der Waals surface area (Å²) >= 11 is 0. The third-order valence-electron chi connectivity index (χ3n) is 4.28. The zero-order valence-electron chi connectivity index (χ0n) is 15.3. The fourth-order valence-electron chi connectivity index (χ4n) is 2.94. The predicted molar refractivity (Wildman–Crippen MR) is 104 cm³/mol. The quantitative estimate of drug-likeness (QED) is 0.563. The molecule has 0 aliphatic carbocycles. The number of aryl methyl sites for hydroxylation is 1. The van der Waals surface area contributed by atoms with Crippen molar-refractivity contribution >= 4 is 5.78 Å². The summed E-state index contributed by atoms with van der Waals surface area (Å²) in [6.07, 6.45) is 2.96. The molecule has 27 heavy (non-hydrogen) atoms. The fourth-order valence-corrected chi connectivity index (χ4v) is 2.94. The molecule has 138 valence electrons. The molecule has 3 nitrogen and oxygen atoms in total. The first kappa shape index (κ1) is 18.8. The smallest absolute Gasteiger partial charge is 0.139 e. The van der Waals surface area contributed by atoms with Gasteiger partial charge in [0.2, 0.25) is 0 Å². The maximum atomic E-state index is 13.2. The molecule has 4 heteroatoms. The molecule has 0 saturated heterocycles. The van der Waals surface area contributed by atoms with E-state index in [1.165, 1.54) is 12.1 Å². The lowest BCUT2D eigenvalue weighted by atomic mass is 10.0. The first-order valence-corrected chi connectivity index (χ1v) is 9.09. The van der Waals surface area contributed by atoms with Crippen LogP contribution in [0.25, 0.3) is 11.1 Å². The molecule has 0 saturated carbocycles. The second-order valence-electron chi connectivity index (χ2n) is 6.31. The Kier molecular flexibility index (Phi) is 6.31. The van der Waals surface area contributed by atoms with Gasteiger partial charge in [0, 0.05) is 35.9 Å². The van der Waals surface area contributed by atoms with Gasteiger partial charge in [-0.2, -0.15) is 0 Å². The minimum absolute atomic E-state index is 0.0919. The molecule has 0 aliphatic rings. The van der Waals surface area contributed by atoms with Crippen LogP contribution in [0, 0.1) is 5.82 Å². The molecule has 0 bridgehead atoms. The van der Waals surface area contributed by atoms with Crippen LogP contribution in [0.5, 0.6) is 5.75 Å². The number of ketones is 1. The van der Waals surface area contributed by atoms with E-state index < -0.39 is 0 Å². The summed E-state index contributed by atoms with van der Waals surface area (Å²) in [6, 6.07) is 18.0. The van der Waals surface area contributed by atoms with Gasteiger partial charge in [-0.05, 0) is 43.2 Å². The van der Waals surface area contributed by atoms with Gasteiger partial charge >= 0.3 is 0 Å². The molecule has 0 atom stereocenters. The van der Waals surface area contributed by atoms with E-state index in [1.54, 1.807) is 12.3 Å². The third-order valence-corrected chi connectivity index (χ3v) is 4.28. The molecular weight excluding hydrogens is 341 g/mol. The highest BCUT2D eigenvalue weighted by Gasteiger charge is 2.09. The van der Waals surface area contributed by atoms with Crippen molar-refractivity contribution < 1.29 is 13.9 Å². The number of hydrogen-bond donors (Lipinski definition) is 0. The molecule has 0 fully saturated rings. The average Bonchev–Trinajstić information content (AvgIpc) is 2.68. The Hall–Kier alpha value is -3.01. The van der Waals surface area contributed by atoms with Gasteiger partial charge in [0.1, 0.15) is 17.3 Å². The second kappa shape index (κ2) is 9.08. The van der Waals surface area contributed by atoms with E-state index in [-0.39, 0.29) is 18.0 Å². The highest BCUT2D eigenvalue weighted by atomic mass is 19.1. The SMILES string of the molecule is CCOc1ccccc1-c1ccc(CC(=O)CCc2cccc(F)c2)nc1. The Labute approximate surface area is 158 Å². The van der Waals surface area contributed by atoms with Crippen molar-refractivity contribution in [3.05, 3.63) is 83.9 Å². The van der Waals surface area contributed by atoms with Crippen LogP contribution in [-0.4, -0.2) is 17.4 Å². The minimum Gasteiger partial charge on any atom is -0.493 e. The number of carbonyl (C=O) groups is 1. The van der Waals surface area contributed by atoms with Crippen LogP contribution >= 0.6 is 0 Å². The van der Waals surface area contributed by atoms with Gasteiger partial charge in [0.25, 0.3) is 0 Å². The van der Waals surface area contributed by atoms with E-state index in [4.69, 9.17) is 4.74 Å². The van der Waals surface area contributed by atoms with Crippen molar-refractivity contribution in [2.24, 2.45) is 0 Å². The zero-order valence-corrected chi connectivity index (χ0v) is 15.3. The van der Waals surface area contributed by atoms with Gasteiger partial charge in [-0.25, -0.2) is 4.39 Å². The molecule has 0 radical (unpaired) electrons. The number of para-hydroxylation sites is 1. The Morgan fingerprint density at radius 1 is 1.07 bits per heavy atom. The van der Waals surface area contributed by atoms with Crippen molar-refractivity contribution in [3.63, 3.8) is 0 Å². The summed E-state index contributed by atoms with van der Waals surface area (Å²) in [5.74, 6) is 0.638. The molecule has 0 amide bonds. The molecule has 0 aliphatic heterocycles. The molecule has 0 N–H and O–H groups in total. The molecular formula is C23H22FNO2. The highest BCUT2D eigenvalue weighted by molar-refractivity contribution is 5.81. The maximum Gasteiger partial charge on any atom is 0.139 e. The van der Waals surface area contributed by atoms with Gasteiger partial charge in [-0.1, -0.05) is 36.4 Å². The maximum absolute atomic E-state index is 13.2. The van der Waals surface area contributed by atoms with Gasteiger partial charge < -0.3 is 4.74 Å². The summed E-state index contributed by atoms with van der Waals surface area (Å²) in [4.78, 5) is 16.6. The van der Waals surface area contributed by atoms with Crippen LogP contribution in [0.4, 0.5) is 4.39 Å². The number of halogens is 1. The van der Waals surface area contributed by atoms with Gasteiger partial charge in [-0.15, -0.1) is 0 Å². The Morgan fingerprint density at radius 3 is 2.67 bits per heavy atom. The molecule has 1 heterocycles. The van der Waals surface area contributed by atoms with Crippen LogP contribution < -0.4 is 4.74 Å². The van der Waals surface area contributed by atoms with E-state index in [9.17, 15) is 9.18 Å². The van der Waals surface area contributed by atoms with E-state index in [0.29, 0.717) is 19.4 Å².